The lowest BCUT2D eigenvalue weighted by Crippen LogP contribution is -2.02. The zero-order chi connectivity index (χ0) is 16.4. The molecule has 4 rings (SSSR count). The molecule has 0 saturated heterocycles. The Balaban J connectivity index is 1.52. The molecule has 1 aromatic heterocycles. The van der Waals surface area contributed by atoms with Crippen molar-refractivity contribution < 1.29 is 9.47 Å². The molecule has 0 saturated carbocycles. The van der Waals surface area contributed by atoms with Crippen LogP contribution in [0.15, 0.2) is 53.1 Å². The molecule has 0 atom stereocenters. The van der Waals surface area contributed by atoms with Crippen LogP contribution in [0.1, 0.15) is 0 Å². The molecule has 0 fully saturated rings. The predicted octanol–water partition coefficient (Wildman–Crippen LogP) is 3.85. The molecule has 1 aliphatic rings. The highest BCUT2D eigenvalue weighted by atomic mass is 79.9. The van der Waals surface area contributed by atoms with Gasteiger partial charge in [-0.3, -0.25) is 0 Å². The second kappa shape index (κ2) is 6.32. The number of aromatic nitrogens is 3. The molecule has 0 spiro atoms. The average molecular weight is 386 g/mol. The van der Waals surface area contributed by atoms with E-state index in [0.29, 0.717) is 17.5 Å². The first kappa shape index (κ1) is 14.7. The topological polar surface area (TPSA) is 81.2 Å². The van der Waals surface area contributed by atoms with Crippen LogP contribution >= 0.6 is 15.9 Å². The summed E-state index contributed by atoms with van der Waals surface area (Å²) in [6.07, 6.45) is 1.56. The van der Waals surface area contributed by atoms with E-state index >= 15 is 0 Å². The van der Waals surface area contributed by atoms with E-state index < -0.39 is 0 Å². The fourth-order valence-electron chi connectivity index (χ4n) is 2.23. The highest BCUT2D eigenvalue weighted by molar-refractivity contribution is 9.10. The highest BCUT2D eigenvalue weighted by Gasteiger charge is 2.13. The molecule has 3 aromatic rings. The second-order valence-electron chi connectivity index (χ2n) is 4.99. The monoisotopic (exact) mass is 385 g/mol. The summed E-state index contributed by atoms with van der Waals surface area (Å²) in [5.41, 5.74) is 1.69. The summed E-state index contributed by atoms with van der Waals surface area (Å²) >= 11 is 3.44. The van der Waals surface area contributed by atoms with Crippen LogP contribution < -0.4 is 20.1 Å². The van der Waals surface area contributed by atoms with Gasteiger partial charge in [0.15, 0.2) is 17.3 Å². The summed E-state index contributed by atoms with van der Waals surface area (Å²) in [5, 5.41) is 14.2. The van der Waals surface area contributed by atoms with Gasteiger partial charge in [0.25, 0.3) is 0 Å². The van der Waals surface area contributed by atoms with Crippen molar-refractivity contribution in [1.29, 1.82) is 0 Å². The first-order valence-corrected chi connectivity index (χ1v) is 7.94. The molecule has 0 amide bonds. The lowest BCUT2D eigenvalue weighted by Gasteiger charge is -2.08. The largest absolute Gasteiger partial charge is 0.454 e. The summed E-state index contributed by atoms with van der Waals surface area (Å²) in [6.45, 7) is 0.239. The predicted molar refractivity (Wildman–Crippen MR) is 93.1 cm³/mol. The molecule has 2 heterocycles. The van der Waals surface area contributed by atoms with Crippen molar-refractivity contribution in [3.8, 4) is 11.5 Å². The van der Waals surface area contributed by atoms with Gasteiger partial charge >= 0.3 is 0 Å². The molecule has 0 radical (unpaired) electrons. The molecule has 2 aromatic carbocycles. The van der Waals surface area contributed by atoms with Crippen molar-refractivity contribution in [2.45, 2.75) is 0 Å². The highest BCUT2D eigenvalue weighted by Crippen LogP contribution is 2.34. The zero-order valence-electron chi connectivity index (χ0n) is 12.4. The quantitative estimate of drug-likeness (QED) is 0.705. The van der Waals surface area contributed by atoms with Crippen LogP contribution in [0.5, 0.6) is 11.5 Å². The number of nitrogens with one attached hydrogen (secondary N) is 2. The van der Waals surface area contributed by atoms with Gasteiger partial charge in [-0.15, -0.1) is 5.10 Å². The van der Waals surface area contributed by atoms with Gasteiger partial charge in [-0.25, -0.2) is 0 Å². The maximum absolute atomic E-state index is 5.36. The number of fused-ring (bicyclic) bond motifs is 1. The van der Waals surface area contributed by atoms with Crippen molar-refractivity contribution in [3.63, 3.8) is 0 Å². The van der Waals surface area contributed by atoms with E-state index in [-0.39, 0.29) is 6.79 Å². The minimum Gasteiger partial charge on any atom is -0.454 e. The molecule has 2 N–H and O–H groups in total. The van der Waals surface area contributed by atoms with Crippen LogP contribution in [0.2, 0.25) is 0 Å². The Hall–Kier alpha value is -2.87. The third-order valence-electron chi connectivity index (χ3n) is 3.28. The van der Waals surface area contributed by atoms with Gasteiger partial charge in [0.1, 0.15) is 0 Å². The fourth-order valence-corrected chi connectivity index (χ4v) is 2.63. The minimum atomic E-state index is 0.239. The van der Waals surface area contributed by atoms with Crippen LogP contribution in [-0.4, -0.2) is 22.0 Å². The van der Waals surface area contributed by atoms with Crippen LogP contribution in [0.25, 0.3) is 0 Å². The lowest BCUT2D eigenvalue weighted by molar-refractivity contribution is 0.174. The number of anilines is 4. The molecule has 24 heavy (non-hydrogen) atoms. The molecule has 0 unspecified atom stereocenters. The SMILES string of the molecule is Brc1cccc(Nc2cnnc(Nc3ccc4c(c3)OCO4)n2)c1. The van der Waals surface area contributed by atoms with Crippen molar-refractivity contribution in [2.24, 2.45) is 0 Å². The van der Waals surface area contributed by atoms with Crippen LogP contribution in [-0.2, 0) is 0 Å². The summed E-state index contributed by atoms with van der Waals surface area (Å²) in [5.74, 6) is 2.39. The maximum Gasteiger partial charge on any atom is 0.249 e. The Kier molecular flexibility index (Phi) is 3.87. The van der Waals surface area contributed by atoms with Crippen molar-refractivity contribution in [1.82, 2.24) is 15.2 Å². The number of rotatable bonds is 4. The number of hydrogen-bond acceptors (Lipinski definition) is 7. The number of benzene rings is 2. The van der Waals surface area contributed by atoms with Gasteiger partial charge in [0.2, 0.25) is 12.7 Å². The number of nitrogens with zero attached hydrogens (tertiary/aromatic N) is 3. The van der Waals surface area contributed by atoms with Crippen molar-refractivity contribution in [3.05, 3.63) is 53.1 Å². The van der Waals surface area contributed by atoms with Crippen LogP contribution in [0, 0.1) is 0 Å². The van der Waals surface area contributed by atoms with Crippen LogP contribution in [0.3, 0.4) is 0 Å². The molecule has 7 nitrogen and oxygen atoms in total. The summed E-state index contributed by atoms with van der Waals surface area (Å²) < 4.78 is 11.6. The van der Waals surface area contributed by atoms with Crippen LogP contribution in [0.4, 0.5) is 23.1 Å². The number of halogens is 1. The van der Waals surface area contributed by atoms with Gasteiger partial charge in [0.05, 0.1) is 6.20 Å². The maximum atomic E-state index is 5.36. The summed E-state index contributed by atoms with van der Waals surface area (Å²) in [4.78, 5) is 4.40. The Morgan fingerprint density at radius 1 is 0.958 bits per heavy atom. The Labute approximate surface area is 146 Å². The number of ether oxygens (including phenoxy) is 2. The van der Waals surface area contributed by atoms with Gasteiger partial charge in [-0.2, -0.15) is 10.1 Å². The third kappa shape index (κ3) is 3.23. The van der Waals surface area contributed by atoms with Crippen molar-refractivity contribution in [2.75, 3.05) is 17.4 Å². The molecule has 8 heteroatoms. The summed E-state index contributed by atoms with van der Waals surface area (Å²) in [6, 6.07) is 13.3. The molecule has 0 bridgehead atoms. The Morgan fingerprint density at radius 2 is 1.83 bits per heavy atom. The summed E-state index contributed by atoms with van der Waals surface area (Å²) in [7, 11) is 0. The van der Waals surface area contributed by atoms with Gasteiger partial charge in [-0.1, -0.05) is 22.0 Å². The molecular formula is C16H12BrN5O2. The smallest absolute Gasteiger partial charge is 0.249 e. The van der Waals surface area contributed by atoms with E-state index in [9.17, 15) is 0 Å². The normalized spacial score (nSPS) is 12.0. The Bertz CT molecular complexity index is 890. The third-order valence-corrected chi connectivity index (χ3v) is 3.78. The van der Waals surface area contributed by atoms with E-state index in [1.165, 1.54) is 0 Å². The van der Waals surface area contributed by atoms with E-state index in [1.54, 1.807) is 6.20 Å². The average Bonchev–Trinajstić information content (AvgIpc) is 3.03. The van der Waals surface area contributed by atoms with E-state index in [0.717, 1.165) is 21.6 Å². The minimum absolute atomic E-state index is 0.239. The van der Waals surface area contributed by atoms with Gasteiger partial charge < -0.3 is 20.1 Å². The van der Waals surface area contributed by atoms with Gasteiger partial charge in [0, 0.05) is 21.9 Å². The molecular weight excluding hydrogens is 374 g/mol. The molecule has 1 aliphatic heterocycles. The van der Waals surface area contributed by atoms with Gasteiger partial charge in [-0.05, 0) is 30.3 Å². The first-order valence-electron chi connectivity index (χ1n) is 7.15. The lowest BCUT2D eigenvalue weighted by atomic mass is 10.3. The molecule has 0 aliphatic carbocycles. The first-order chi connectivity index (χ1) is 11.8. The zero-order valence-corrected chi connectivity index (χ0v) is 13.9. The second-order valence-corrected chi connectivity index (χ2v) is 5.91. The fraction of sp³-hybridized carbons (Fsp3) is 0.0625. The van der Waals surface area contributed by atoms with Crippen molar-refractivity contribution >= 4 is 39.1 Å². The Morgan fingerprint density at radius 3 is 2.75 bits per heavy atom. The van der Waals surface area contributed by atoms with E-state index in [4.69, 9.17) is 9.47 Å². The van der Waals surface area contributed by atoms with E-state index in [2.05, 4.69) is 41.7 Å². The standard InChI is InChI=1S/C16H12BrN5O2/c17-10-2-1-3-11(6-10)19-15-8-18-22-16(21-15)20-12-4-5-13-14(7-12)24-9-23-13/h1-8H,9H2,(H2,19,20,21,22). The number of hydrogen-bond donors (Lipinski definition) is 2. The molecule has 120 valence electrons. The van der Waals surface area contributed by atoms with E-state index in [1.807, 2.05) is 42.5 Å².